The third kappa shape index (κ3) is 5.01. The fourth-order valence-corrected chi connectivity index (χ4v) is 3.81. The van der Waals surface area contributed by atoms with Gasteiger partial charge in [-0.05, 0) is 29.8 Å². The number of aromatic nitrogens is 4. The Bertz CT molecular complexity index is 1160. The number of amides is 1. The molecule has 0 aliphatic heterocycles. The van der Waals surface area contributed by atoms with Crippen molar-refractivity contribution < 1.29 is 14.3 Å². The molecular formula is C22H19N5O3S. The zero-order valence-corrected chi connectivity index (χ0v) is 17.5. The van der Waals surface area contributed by atoms with Crippen LogP contribution in [0.25, 0.3) is 0 Å². The summed E-state index contributed by atoms with van der Waals surface area (Å²) in [5.74, 6) is -0.580. The number of ether oxygens (including phenoxy) is 1. The molecule has 0 N–H and O–H groups in total. The van der Waals surface area contributed by atoms with Gasteiger partial charge in [-0.15, -0.1) is 11.3 Å². The Morgan fingerprint density at radius 2 is 1.87 bits per heavy atom. The maximum atomic E-state index is 12.4. The van der Waals surface area contributed by atoms with Crippen molar-refractivity contribution in [1.29, 1.82) is 0 Å². The molecule has 156 valence electrons. The molecule has 2 aromatic carbocycles. The predicted molar refractivity (Wildman–Crippen MR) is 116 cm³/mol. The number of thiazole rings is 1. The molecule has 4 aromatic rings. The minimum Gasteiger partial charge on any atom is -0.456 e. The summed E-state index contributed by atoms with van der Waals surface area (Å²) >= 11 is 1.32. The minimum atomic E-state index is -0.437. The number of hydrogen-bond donors (Lipinski definition) is 0. The van der Waals surface area contributed by atoms with Crippen molar-refractivity contribution in [2.45, 2.75) is 20.1 Å². The molecule has 4 rings (SSSR count). The van der Waals surface area contributed by atoms with Gasteiger partial charge in [-0.1, -0.05) is 30.3 Å². The number of hydrogen-bond acceptors (Lipinski definition) is 7. The zero-order valence-electron chi connectivity index (χ0n) is 16.7. The summed E-state index contributed by atoms with van der Waals surface area (Å²) in [5, 5.41) is 6.37. The van der Waals surface area contributed by atoms with Crippen LogP contribution in [0.4, 0.5) is 10.8 Å². The average Bonchev–Trinajstić information content (AvgIpc) is 3.46. The third-order valence-corrected chi connectivity index (χ3v) is 5.29. The van der Waals surface area contributed by atoms with Gasteiger partial charge in [0.05, 0.1) is 23.5 Å². The van der Waals surface area contributed by atoms with Crippen LogP contribution in [0.5, 0.6) is 0 Å². The maximum Gasteiger partial charge on any atom is 0.338 e. The molecule has 0 saturated carbocycles. The van der Waals surface area contributed by atoms with Crippen molar-refractivity contribution in [2.75, 3.05) is 4.90 Å². The van der Waals surface area contributed by atoms with E-state index in [0.29, 0.717) is 22.9 Å². The molecule has 9 heteroatoms. The molecule has 8 nitrogen and oxygen atoms in total. The summed E-state index contributed by atoms with van der Waals surface area (Å²) < 4.78 is 7.09. The Balaban J connectivity index is 1.38. The van der Waals surface area contributed by atoms with Gasteiger partial charge in [0, 0.05) is 12.3 Å². The van der Waals surface area contributed by atoms with Crippen molar-refractivity contribution in [3.05, 3.63) is 89.5 Å². The fourth-order valence-electron chi connectivity index (χ4n) is 2.94. The largest absolute Gasteiger partial charge is 0.456 e. The van der Waals surface area contributed by atoms with Crippen LogP contribution < -0.4 is 4.90 Å². The average molecular weight is 433 g/mol. The standard InChI is InChI=1S/C22H19N5O3S/c1-16(28)27(20-5-3-2-4-6-20)22-25-19(13-31-22)12-30-21(29)18-9-7-17(8-10-18)11-26-15-23-14-24-26/h2-10,13-15H,11-12H2,1H3. The zero-order chi connectivity index (χ0) is 21.6. The lowest BCUT2D eigenvalue weighted by Gasteiger charge is -2.17. The normalized spacial score (nSPS) is 10.6. The summed E-state index contributed by atoms with van der Waals surface area (Å²) in [5.41, 5.74) is 2.76. The highest BCUT2D eigenvalue weighted by atomic mass is 32.1. The van der Waals surface area contributed by atoms with Crippen LogP contribution in [0.15, 0.2) is 72.6 Å². The molecule has 0 atom stereocenters. The van der Waals surface area contributed by atoms with Crippen molar-refractivity contribution in [3.8, 4) is 0 Å². The number of nitrogens with zero attached hydrogens (tertiary/aromatic N) is 5. The monoisotopic (exact) mass is 433 g/mol. The predicted octanol–water partition coefficient (Wildman–Crippen LogP) is 3.82. The van der Waals surface area contributed by atoms with Gasteiger partial charge in [-0.25, -0.2) is 19.4 Å². The Labute approximate surface area is 182 Å². The number of esters is 1. The van der Waals surface area contributed by atoms with Gasteiger partial charge in [-0.2, -0.15) is 5.10 Å². The molecule has 2 heterocycles. The molecule has 2 aromatic heterocycles. The molecule has 1 amide bonds. The first-order chi connectivity index (χ1) is 15.1. The first-order valence-electron chi connectivity index (χ1n) is 9.49. The van der Waals surface area contributed by atoms with Crippen LogP contribution in [0.1, 0.15) is 28.5 Å². The fraction of sp³-hybridized carbons (Fsp3) is 0.136. The molecule has 0 bridgehead atoms. The second-order valence-corrected chi connectivity index (χ2v) is 7.51. The van der Waals surface area contributed by atoms with Crippen LogP contribution >= 0.6 is 11.3 Å². The number of carbonyl (C=O) groups excluding carboxylic acids is 2. The van der Waals surface area contributed by atoms with Crippen molar-refractivity contribution in [1.82, 2.24) is 19.7 Å². The lowest BCUT2D eigenvalue weighted by Crippen LogP contribution is -2.22. The Morgan fingerprint density at radius 1 is 1.10 bits per heavy atom. The Morgan fingerprint density at radius 3 is 2.55 bits per heavy atom. The third-order valence-electron chi connectivity index (χ3n) is 4.41. The Kier molecular flexibility index (Phi) is 6.13. The number of benzene rings is 2. The van der Waals surface area contributed by atoms with Crippen LogP contribution in [-0.4, -0.2) is 31.6 Å². The number of carbonyl (C=O) groups is 2. The molecular weight excluding hydrogens is 414 g/mol. The highest BCUT2D eigenvalue weighted by molar-refractivity contribution is 7.14. The van der Waals surface area contributed by atoms with E-state index in [-0.39, 0.29) is 12.5 Å². The van der Waals surface area contributed by atoms with Crippen LogP contribution in [0.3, 0.4) is 0 Å². The first kappa shape index (κ1) is 20.4. The molecule has 0 saturated heterocycles. The van der Waals surface area contributed by atoms with Gasteiger partial charge >= 0.3 is 5.97 Å². The van der Waals surface area contributed by atoms with Crippen molar-refractivity contribution in [2.24, 2.45) is 0 Å². The van der Waals surface area contributed by atoms with E-state index < -0.39 is 5.97 Å². The van der Waals surface area contributed by atoms with E-state index in [1.165, 1.54) is 29.5 Å². The van der Waals surface area contributed by atoms with Gasteiger partial charge in [0.2, 0.25) is 5.91 Å². The van der Waals surface area contributed by atoms with E-state index >= 15 is 0 Å². The number of para-hydroxylation sites is 1. The summed E-state index contributed by atoms with van der Waals surface area (Å²) in [7, 11) is 0. The molecule has 0 radical (unpaired) electrons. The lowest BCUT2D eigenvalue weighted by molar-refractivity contribution is -0.115. The highest BCUT2D eigenvalue weighted by Crippen LogP contribution is 2.29. The molecule has 0 spiro atoms. The van der Waals surface area contributed by atoms with Gasteiger partial charge in [0.1, 0.15) is 19.3 Å². The van der Waals surface area contributed by atoms with Gasteiger partial charge in [0.25, 0.3) is 0 Å². The molecule has 0 fully saturated rings. The topological polar surface area (TPSA) is 90.2 Å². The quantitative estimate of drug-likeness (QED) is 0.412. The summed E-state index contributed by atoms with van der Waals surface area (Å²) in [6.07, 6.45) is 3.11. The lowest BCUT2D eigenvalue weighted by atomic mass is 10.1. The van der Waals surface area contributed by atoms with Crippen LogP contribution in [0, 0.1) is 0 Å². The van der Waals surface area contributed by atoms with Gasteiger partial charge < -0.3 is 4.74 Å². The molecule has 0 unspecified atom stereocenters. The molecule has 0 aliphatic carbocycles. The second kappa shape index (κ2) is 9.31. The molecule has 31 heavy (non-hydrogen) atoms. The summed E-state index contributed by atoms with van der Waals surface area (Å²) in [4.78, 5) is 34.4. The van der Waals surface area contributed by atoms with E-state index in [0.717, 1.165) is 11.3 Å². The van der Waals surface area contributed by atoms with E-state index in [1.54, 1.807) is 28.5 Å². The van der Waals surface area contributed by atoms with Gasteiger partial charge in [0.15, 0.2) is 5.13 Å². The Hall–Kier alpha value is -3.85. The summed E-state index contributed by atoms with van der Waals surface area (Å²) in [6.45, 7) is 2.09. The van der Waals surface area contributed by atoms with Gasteiger partial charge in [-0.3, -0.25) is 9.69 Å². The SMILES string of the molecule is CC(=O)N(c1ccccc1)c1nc(COC(=O)c2ccc(Cn3cncn3)cc2)cs1. The number of anilines is 2. The van der Waals surface area contributed by atoms with Crippen LogP contribution in [-0.2, 0) is 22.7 Å². The number of rotatable bonds is 7. The van der Waals surface area contributed by atoms with E-state index in [4.69, 9.17) is 4.74 Å². The van der Waals surface area contributed by atoms with E-state index in [2.05, 4.69) is 15.1 Å². The smallest absolute Gasteiger partial charge is 0.338 e. The highest BCUT2D eigenvalue weighted by Gasteiger charge is 2.18. The van der Waals surface area contributed by atoms with Crippen molar-refractivity contribution >= 4 is 34.0 Å². The van der Waals surface area contributed by atoms with Crippen molar-refractivity contribution in [3.63, 3.8) is 0 Å². The van der Waals surface area contributed by atoms with Crippen LogP contribution in [0.2, 0.25) is 0 Å². The second-order valence-electron chi connectivity index (χ2n) is 6.68. The van der Waals surface area contributed by atoms with E-state index in [1.807, 2.05) is 42.5 Å². The molecule has 0 aliphatic rings. The minimum absolute atomic E-state index is 0.0244. The van der Waals surface area contributed by atoms with E-state index in [9.17, 15) is 9.59 Å². The first-order valence-corrected chi connectivity index (χ1v) is 10.4. The summed E-state index contributed by atoms with van der Waals surface area (Å²) in [6, 6.07) is 16.4. The maximum absolute atomic E-state index is 12.4.